The largest absolute Gasteiger partial charge is 0.480 e. The molecule has 1 saturated heterocycles. The quantitative estimate of drug-likeness (QED) is 0.475. The number of piperidine rings is 1. The summed E-state index contributed by atoms with van der Waals surface area (Å²) in [5.41, 5.74) is 10.1. The molecule has 6 N–H and O–H groups in total. The van der Waals surface area contributed by atoms with E-state index in [1.807, 2.05) is 0 Å². The fourth-order valence-corrected chi connectivity index (χ4v) is 2.27. The molecule has 21 heavy (non-hydrogen) atoms. The lowest BCUT2D eigenvalue weighted by molar-refractivity contribution is -0.141. The van der Waals surface area contributed by atoms with Gasteiger partial charge in [0.25, 0.3) is 0 Å². The zero-order chi connectivity index (χ0) is 16.0. The van der Waals surface area contributed by atoms with E-state index in [0.29, 0.717) is 25.9 Å². The first-order valence-corrected chi connectivity index (χ1v) is 6.64. The van der Waals surface area contributed by atoms with Crippen molar-refractivity contribution in [3.63, 3.8) is 0 Å². The Balaban J connectivity index is 2.47. The molecule has 4 amide bonds. The molecule has 0 aromatic rings. The van der Waals surface area contributed by atoms with Gasteiger partial charge >= 0.3 is 12.0 Å². The zero-order valence-electron chi connectivity index (χ0n) is 11.6. The summed E-state index contributed by atoms with van der Waals surface area (Å²) in [6.07, 6.45) is 1.09. The van der Waals surface area contributed by atoms with E-state index in [-0.39, 0.29) is 18.2 Å². The summed E-state index contributed by atoms with van der Waals surface area (Å²) < 4.78 is 0. The first kappa shape index (κ1) is 16.7. The van der Waals surface area contributed by atoms with Crippen molar-refractivity contribution in [1.82, 2.24) is 10.2 Å². The zero-order valence-corrected chi connectivity index (χ0v) is 11.6. The third-order valence-corrected chi connectivity index (χ3v) is 3.39. The number of hydrogen-bond donors (Lipinski definition) is 4. The van der Waals surface area contributed by atoms with Crippen LogP contribution in [0.2, 0.25) is 0 Å². The minimum Gasteiger partial charge on any atom is -0.480 e. The van der Waals surface area contributed by atoms with Gasteiger partial charge in [-0.05, 0) is 18.8 Å². The average Bonchev–Trinajstić information content (AvgIpc) is 2.37. The SMILES string of the molecule is NC(=O)CC1CCN(C(=O)N[C@H](CC(N)=O)C(=O)O)CC1. The van der Waals surface area contributed by atoms with E-state index in [0.717, 1.165) is 0 Å². The number of carboxylic acids is 1. The van der Waals surface area contributed by atoms with Gasteiger partial charge in [-0.2, -0.15) is 0 Å². The van der Waals surface area contributed by atoms with Crippen molar-refractivity contribution < 1.29 is 24.3 Å². The van der Waals surface area contributed by atoms with Crippen LogP contribution in [0.15, 0.2) is 0 Å². The highest BCUT2D eigenvalue weighted by Gasteiger charge is 2.28. The fourth-order valence-electron chi connectivity index (χ4n) is 2.27. The Hall–Kier alpha value is -2.32. The van der Waals surface area contributed by atoms with E-state index in [9.17, 15) is 19.2 Å². The Morgan fingerprint density at radius 3 is 2.14 bits per heavy atom. The standard InChI is InChI=1S/C12H20N4O5/c13-9(17)5-7-1-3-16(4-2-7)12(21)15-8(11(19)20)6-10(14)18/h7-8H,1-6H2,(H2,13,17)(H2,14,18)(H,15,21)(H,19,20)/t8-/m1/s1. The van der Waals surface area contributed by atoms with Crippen molar-refractivity contribution in [1.29, 1.82) is 0 Å². The lowest BCUT2D eigenvalue weighted by Crippen LogP contribution is -2.51. The maximum absolute atomic E-state index is 11.9. The monoisotopic (exact) mass is 300 g/mol. The van der Waals surface area contributed by atoms with Crippen LogP contribution in [0.4, 0.5) is 4.79 Å². The van der Waals surface area contributed by atoms with Crippen molar-refractivity contribution in [2.75, 3.05) is 13.1 Å². The molecule has 0 saturated carbocycles. The third kappa shape index (κ3) is 5.67. The van der Waals surface area contributed by atoms with Crippen LogP contribution in [0.1, 0.15) is 25.7 Å². The van der Waals surface area contributed by atoms with E-state index in [1.54, 1.807) is 0 Å². The normalized spacial score (nSPS) is 17.0. The number of nitrogens with one attached hydrogen (secondary N) is 1. The summed E-state index contributed by atoms with van der Waals surface area (Å²) in [7, 11) is 0. The number of nitrogens with zero attached hydrogens (tertiary/aromatic N) is 1. The Kier molecular flexibility index (Phi) is 5.94. The minimum absolute atomic E-state index is 0.146. The second-order valence-corrected chi connectivity index (χ2v) is 5.11. The molecule has 0 bridgehead atoms. The van der Waals surface area contributed by atoms with Crippen LogP contribution in [-0.4, -0.2) is 53.0 Å². The van der Waals surface area contributed by atoms with E-state index >= 15 is 0 Å². The summed E-state index contributed by atoms with van der Waals surface area (Å²) in [6, 6.07) is -1.89. The third-order valence-electron chi connectivity index (χ3n) is 3.39. The summed E-state index contributed by atoms with van der Waals surface area (Å²) in [6.45, 7) is 0.819. The van der Waals surface area contributed by atoms with Gasteiger partial charge in [-0.25, -0.2) is 9.59 Å². The molecule has 0 spiro atoms. The van der Waals surface area contributed by atoms with Crippen LogP contribution in [0, 0.1) is 5.92 Å². The number of nitrogens with two attached hydrogens (primary N) is 2. The molecular weight excluding hydrogens is 280 g/mol. The van der Waals surface area contributed by atoms with Crippen molar-refractivity contribution in [2.24, 2.45) is 17.4 Å². The first-order valence-electron chi connectivity index (χ1n) is 6.64. The van der Waals surface area contributed by atoms with Gasteiger partial charge in [-0.3, -0.25) is 9.59 Å². The molecule has 1 heterocycles. The van der Waals surface area contributed by atoms with Crippen LogP contribution in [0.3, 0.4) is 0 Å². The molecule has 9 nitrogen and oxygen atoms in total. The van der Waals surface area contributed by atoms with Crippen molar-refractivity contribution in [3.8, 4) is 0 Å². The number of amides is 4. The topological polar surface area (TPSA) is 156 Å². The molecule has 118 valence electrons. The Morgan fingerprint density at radius 2 is 1.71 bits per heavy atom. The molecule has 0 radical (unpaired) electrons. The Bertz CT molecular complexity index is 431. The van der Waals surface area contributed by atoms with E-state index in [4.69, 9.17) is 16.6 Å². The maximum atomic E-state index is 11.9. The van der Waals surface area contributed by atoms with Crippen LogP contribution in [0.25, 0.3) is 0 Å². The number of primary amides is 2. The number of hydrogen-bond acceptors (Lipinski definition) is 4. The van der Waals surface area contributed by atoms with Crippen molar-refractivity contribution in [2.45, 2.75) is 31.7 Å². The lowest BCUT2D eigenvalue weighted by Gasteiger charge is -2.32. The molecular formula is C12H20N4O5. The fraction of sp³-hybridized carbons (Fsp3) is 0.667. The molecule has 1 rings (SSSR count). The van der Waals surface area contributed by atoms with Gasteiger partial charge in [0.1, 0.15) is 6.04 Å². The van der Waals surface area contributed by atoms with Gasteiger partial charge in [0.2, 0.25) is 11.8 Å². The second kappa shape index (κ2) is 7.46. The van der Waals surface area contributed by atoms with E-state index < -0.39 is 30.4 Å². The summed E-state index contributed by atoms with van der Waals surface area (Å²) in [5.74, 6) is -2.34. The van der Waals surface area contributed by atoms with E-state index in [2.05, 4.69) is 5.32 Å². The number of carboxylic acid groups (broad SMARTS) is 1. The van der Waals surface area contributed by atoms with Crippen LogP contribution in [-0.2, 0) is 14.4 Å². The van der Waals surface area contributed by atoms with Crippen LogP contribution >= 0.6 is 0 Å². The van der Waals surface area contributed by atoms with E-state index in [1.165, 1.54) is 4.90 Å². The predicted molar refractivity (Wildman–Crippen MR) is 71.9 cm³/mol. The predicted octanol–water partition coefficient (Wildman–Crippen LogP) is -1.39. The van der Waals surface area contributed by atoms with Gasteiger partial charge in [-0.15, -0.1) is 0 Å². The number of rotatable bonds is 6. The Labute approximate surface area is 121 Å². The summed E-state index contributed by atoms with van der Waals surface area (Å²) in [4.78, 5) is 45.9. The molecule has 1 aliphatic rings. The smallest absolute Gasteiger partial charge is 0.326 e. The van der Waals surface area contributed by atoms with Gasteiger partial charge in [-0.1, -0.05) is 0 Å². The average molecular weight is 300 g/mol. The van der Waals surface area contributed by atoms with Crippen molar-refractivity contribution >= 4 is 23.8 Å². The molecule has 0 aromatic carbocycles. The number of urea groups is 1. The summed E-state index contributed by atoms with van der Waals surface area (Å²) in [5, 5.41) is 11.2. The number of carbonyl (C=O) groups excluding carboxylic acids is 3. The number of aliphatic carboxylic acids is 1. The Morgan fingerprint density at radius 1 is 1.14 bits per heavy atom. The molecule has 0 aliphatic carbocycles. The van der Waals surface area contributed by atoms with Gasteiger partial charge < -0.3 is 26.8 Å². The molecule has 1 aliphatic heterocycles. The van der Waals surface area contributed by atoms with Crippen molar-refractivity contribution in [3.05, 3.63) is 0 Å². The van der Waals surface area contributed by atoms with Gasteiger partial charge in [0, 0.05) is 19.5 Å². The second-order valence-electron chi connectivity index (χ2n) is 5.11. The highest BCUT2D eigenvalue weighted by atomic mass is 16.4. The number of carbonyl (C=O) groups is 4. The highest BCUT2D eigenvalue weighted by Crippen LogP contribution is 2.20. The first-order chi connectivity index (χ1) is 9.79. The van der Waals surface area contributed by atoms with Crippen LogP contribution < -0.4 is 16.8 Å². The minimum atomic E-state index is -1.33. The lowest BCUT2D eigenvalue weighted by atomic mass is 9.93. The molecule has 9 heteroatoms. The molecule has 1 fully saturated rings. The maximum Gasteiger partial charge on any atom is 0.326 e. The van der Waals surface area contributed by atoms with Gasteiger partial charge in [0.15, 0.2) is 0 Å². The molecule has 0 unspecified atom stereocenters. The van der Waals surface area contributed by atoms with Gasteiger partial charge in [0.05, 0.1) is 6.42 Å². The molecule has 0 aromatic heterocycles. The molecule has 1 atom stereocenters. The van der Waals surface area contributed by atoms with Crippen LogP contribution in [0.5, 0.6) is 0 Å². The number of likely N-dealkylation sites (tertiary alicyclic amines) is 1. The summed E-state index contributed by atoms with van der Waals surface area (Å²) >= 11 is 0. The highest BCUT2D eigenvalue weighted by molar-refractivity contribution is 5.87.